The van der Waals surface area contributed by atoms with Gasteiger partial charge < -0.3 is 36.2 Å². The first-order chi connectivity index (χ1) is 49.5. The molecule has 0 saturated heterocycles. The molecule has 0 aliphatic heterocycles. The highest BCUT2D eigenvalue weighted by Crippen LogP contribution is 2.44. The number of carbonyl (C=O) groups excluding carboxylic acids is 3. The van der Waals surface area contributed by atoms with Gasteiger partial charge in [0.15, 0.2) is 41.1 Å². The summed E-state index contributed by atoms with van der Waals surface area (Å²) in [4.78, 5) is 73.8. The van der Waals surface area contributed by atoms with Crippen LogP contribution in [0.5, 0.6) is 0 Å². The van der Waals surface area contributed by atoms with Crippen molar-refractivity contribution >= 4 is 131 Å². The molecular formula is C72H64N16O9S6. The Kier molecular flexibility index (Phi) is 20.3. The molecule has 3 aromatic carbocycles. The van der Waals surface area contributed by atoms with Crippen LogP contribution in [0.1, 0.15) is 98.1 Å². The molecule has 3 aliphatic rings. The van der Waals surface area contributed by atoms with Crippen LogP contribution in [0.3, 0.4) is 0 Å². The number of nitrogens with zero attached hydrogens (tertiary/aromatic N) is 9. The van der Waals surface area contributed by atoms with Crippen molar-refractivity contribution in [1.82, 2.24) is 50.2 Å². The molecule has 1 amide bonds. The Labute approximate surface area is 603 Å². The molecule has 3 aliphatic carbocycles. The first kappa shape index (κ1) is 70.6. The molecule has 31 heteroatoms. The van der Waals surface area contributed by atoms with Crippen LogP contribution in [0.2, 0.25) is 0 Å². The largest absolute Gasteiger partial charge is 0.381 e. The summed E-state index contributed by atoms with van der Waals surface area (Å²) in [6, 6.07) is 30.6. The third kappa shape index (κ3) is 15.5. The fourth-order valence-electron chi connectivity index (χ4n) is 12.8. The number of nitriles is 3. The maximum atomic E-state index is 12.8. The number of ketones is 2. The number of H-pyrrole nitrogens is 3. The molecule has 7 N–H and O–H groups in total. The van der Waals surface area contributed by atoms with E-state index in [4.69, 9.17) is 15.8 Å². The zero-order valence-corrected chi connectivity index (χ0v) is 60.2. The summed E-state index contributed by atoms with van der Waals surface area (Å²) in [6.45, 7) is 3.03. The van der Waals surface area contributed by atoms with Crippen molar-refractivity contribution in [3.05, 3.63) is 178 Å². The smallest absolute Gasteiger partial charge is 0.262 e. The SMILES string of the molecule is CC(=O)c1cnc(-c2cnc3[nH]ccc3c2NC2CC(CS(=O)(=O)c3cccc(C#N)c3)C2)s1.CC(=O)c1cnc(-c2cnc3[nH]ccc3c2NC2CC(CS(=O)(=O)c3cccc(C#N)c3)C2)s1.CNC(=O)c1cnc(-c2cnc3[nH]ccc3c2NC2CC(CS(=O)(=O)c3cccc(C#N)c3)C2)s1. The van der Waals surface area contributed by atoms with Gasteiger partial charge in [-0.1, -0.05) is 18.2 Å². The fourth-order valence-corrected chi connectivity index (χ4v) is 20.4. The number of sulfone groups is 3. The van der Waals surface area contributed by atoms with E-state index < -0.39 is 29.5 Å². The Morgan fingerprint density at radius 2 is 0.748 bits per heavy atom. The summed E-state index contributed by atoms with van der Waals surface area (Å²) in [6.07, 6.45) is 19.6. The number of carbonyl (C=O) groups is 3. The molecule has 3 saturated carbocycles. The van der Waals surface area contributed by atoms with Gasteiger partial charge >= 0.3 is 0 Å². The summed E-state index contributed by atoms with van der Waals surface area (Å²) in [7, 11) is -8.83. The van der Waals surface area contributed by atoms with Crippen LogP contribution < -0.4 is 21.3 Å². The Hall–Kier alpha value is -10.9. The Balaban J connectivity index is 0.000000138. The van der Waals surface area contributed by atoms with E-state index in [-0.39, 0.29) is 85.3 Å². The van der Waals surface area contributed by atoms with Gasteiger partial charge in [-0.15, -0.1) is 34.0 Å². The first-order valence-electron chi connectivity index (χ1n) is 32.5. The molecule has 25 nitrogen and oxygen atoms in total. The van der Waals surface area contributed by atoms with Crippen LogP contribution in [-0.4, -0.2) is 130 Å². The van der Waals surface area contributed by atoms with Gasteiger partial charge in [-0.05, 0) is 129 Å². The Morgan fingerprint density at radius 3 is 1.03 bits per heavy atom. The number of nitrogens with one attached hydrogen (secondary N) is 7. The van der Waals surface area contributed by atoms with E-state index in [9.17, 15) is 39.6 Å². The molecule has 9 aromatic heterocycles. The van der Waals surface area contributed by atoms with Gasteiger partial charge in [0.25, 0.3) is 5.91 Å². The minimum Gasteiger partial charge on any atom is -0.381 e. The van der Waals surface area contributed by atoms with Gasteiger partial charge in [0.05, 0.1) is 117 Å². The van der Waals surface area contributed by atoms with Gasteiger partial charge in [0.1, 0.15) is 36.8 Å². The maximum absolute atomic E-state index is 12.8. The second-order valence-electron chi connectivity index (χ2n) is 25.4. The molecular weight excluding hydrogens is 1430 g/mol. The number of amides is 1. The van der Waals surface area contributed by atoms with E-state index in [1.54, 1.807) is 92.8 Å². The highest BCUT2D eigenvalue weighted by Gasteiger charge is 2.38. The zero-order chi connectivity index (χ0) is 72.3. The van der Waals surface area contributed by atoms with Crippen molar-refractivity contribution in [1.29, 1.82) is 15.8 Å². The van der Waals surface area contributed by atoms with E-state index in [0.29, 0.717) is 84.9 Å². The van der Waals surface area contributed by atoms with Crippen LogP contribution in [0.4, 0.5) is 17.1 Å². The van der Waals surface area contributed by atoms with Crippen LogP contribution in [0.25, 0.3) is 64.8 Å². The van der Waals surface area contributed by atoms with Gasteiger partial charge in [0, 0.05) is 105 Å². The van der Waals surface area contributed by atoms with Crippen molar-refractivity contribution < 1.29 is 39.6 Å². The van der Waals surface area contributed by atoms with E-state index in [1.807, 2.05) is 55.0 Å². The summed E-state index contributed by atoms with van der Waals surface area (Å²) < 4.78 is 77.0. The lowest BCUT2D eigenvalue weighted by Crippen LogP contribution is -2.39. The number of anilines is 3. The summed E-state index contributed by atoms with van der Waals surface area (Å²) >= 11 is 3.95. The maximum Gasteiger partial charge on any atom is 0.262 e. The molecule has 9 heterocycles. The lowest BCUT2D eigenvalue weighted by atomic mass is 9.81. The highest BCUT2D eigenvalue weighted by atomic mass is 32.2. The molecule has 0 radical (unpaired) electrons. The number of rotatable bonds is 21. The molecule has 3 fully saturated rings. The van der Waals surface area contributed by atoms with Crippen molar-refractivity contribution in [2.45, 2.75) is 85.2 Å². The minimum absolute atomic E-state index is 0.0231. The second-order valence-corrected chi connectivity index (χ2v) is 34.6. The number of thiazole rings is 3. The number of aromatic amines is 3. The minimum atomic E-state index is -3.47. The van der Waals surface area contributed by atoms with E-state index >= 15 is 0 Å². The first-order valence-corrected chi connectivity index (χ1v) is 40.0. The summed E-state index contributed by atoms with van der Waals surface area (Å²) in [5.74, 6) is -0.0139. The molecule has 522 valence electrons. The van der Waals surface area contributed by atoms with Crippen LogP contribution in [-0.2, 0) is 29.5 Å². The normalized spacial score (nSPS) is 17.7. The molecule has 0 atom stereocenters. The molecule has 12 aromatic rings. The molecule has 15 rings (SSSR count). The number of hydrogen-bond donors (Lipinski definition) is 7. The lowest BCUT2D eigenvalue weighted by molar-refractivity contribution is 0.0964. The van der Waals surface area contributed by atoms with Gasteiger partial charge in [0.2, 0.25) is 0 Å². The standard InChI is InChI=1S/C24H22N6O3S2.2C24H21N5O3S2/c1-26-23(31)20-12-29-24(34-20)19-11-28-22-18(5-6-27-22)21(19)30-16-7-15(8-16)13-35(32,33)17-4-2-3-14(9-17)10-25;2*1-14(30)21-12-28-24(33-21)20-11-27-23-19(5-6-26-23)22(20)29-17-7-16(8-17)13-34(31,32)18-4-2-3-15(9-18)10-25/h2-6,9,11-12,15-16H,7-8,13H2,1H3,(H,26,31)(H2,27,28,30);2*2-6,9,11-12,16-17H,7-8,13H2,1H3,(H2,26,27,29). The Morgan fingerprint density at radius 1 is 0.447 bits per heavy atom. The van der Waals surface area contributed by atoms with Crippen LogP contribution in [0, 0.1) is 51.7 Å². The van der Waals surface area contributed by atoms with E-state index in [1.165, 1.54) is 72.1 Å². The van der Waals surface area contributed by atoms with Crippen LogP contribution >= 0.6 is 34.0 Å². The monoisotopic (exact) mass is 1490 g/mol. The van der Waals surface area contributed by atoms with Crippen molar-refractivity contribution in [2.75, 3.05) is 40.3 Å². The van der Waals surface area contributed by atoms with Gasteiger partial charge in [-0.25, -0.2) is 55.2 Å². The number of hydrogen-bond acceptors (Lipinski definition) is 24. The quantitative estimate of drug-likeness (QED) is 0.0329. The second kappa shape index (κ2) is 29.6. The molecule has 0 unspecified atom stereocenters. The number of pyridine rings is 3. The Bertz CT molecular complexity index is 5530. The summed E-state index contributed by atoms with van der Waals surface area (Å²) in [5.41, 5.74) is 8.27. The molecule has 0 spiro atoms. The number of benzene rings is 3. The summed E-state index contributed by atoms with van der Waals surface area (Å²) in [5, 5.41) is 45.3. The van der Waals surface area contributed by atoms with E-state index in [2.05, 4.69) is 66.1 Å². The van der Waals surface area contributed by atoms with E-state index in [0.717, 1.165) is 66.9 Å². The lowest BCUT2D eigenvalue weighted by Gasteiger charge is -2.36. The van der Waals surface area contributed by atoms with Crippen molar-refractivity contribution in [3.63, 3.8) is 0 Å². The topological polar surface area (TPSA) is 398 Å². The third-order valence-electron chi connectivity index (χ3n) is 18.2. The number of aromatic nitrogens is 9. The number of Topliss-reactive ketones (excluding diaryl/α,β-unsaturated/α-hetero) is 2. The van der Waals surface area contributed by atoms with Crippen molar-refractivity contribution in [2.24, 2.45) is 17.8 Å². The number of fused-ring (bicyclic) bond motifs is 3. The highest BCUT2D eigenvalue weighted by molar-refractivity contribution is 7.92. The zero-order valence-electron chi connectivity index (χ0n) is 55.3. The fraction of sp³-hybridized carbons (Fsp3) is 0.250. The van der Waals surface area contributed by atoms with Gasteiger partial charge in [-0.3, -0.25) is 14.4 Å². The average molecular weight is 1490 g/mol. The van der Waals surface area contributed by atoms with Gasteiger partial charge in [-0.2, -0.15) is 15.8 Å². The van der Waals surface area contributed by atoms with Crippen LogP contribution in [0.15, 0.2) is 161 Å². The predicted octanol–water partition coefficient (Wildman–Crippen LogP) is 12.4. The molecule has 0 bridgehead atoms. The predicted molar refractivity (Wildman–Crippen MR) is 395 cm³/mol. The third-order valence-corrected chi connectivity index (χ3v) is 27.1. The van der Waals surface area contributed by atoms with Crippen molar-refractivity contribution in [3.8, 4) is 49.9 Å². The average Bonchev–Trinajstić information content (AvgIpc) is 1.75. The molecule has 103 heavy (non-hydrogen) atoms.